The Hall–Kier alpha value is -3.35. The minimum atomic E-state index is -0.832. The number of rotatable bonds is 7. The van der Waals surface area contributed by atoms with Gasteiger partial charge in [0.2, 0.25) is 0 Å². The van der Waals surface area contributed by atoms with Crippen molar-refractivity contribution >= 4 is 17.9 Å². The van der Waals surface area contributed by atoms with Gasteiger partial charge in [-0.2, -0.15) is 0 Å². The summed E-state index contributed by atoms with van der Waals surface area (Å²) in [7, 11) is 0. The van der Waals surface area contributed by atoms with Crippen molar-refractivity contribution in [1.29, 1.82) is 0 Å². The Morgan fingerprint density at radius 3 is 2.09 bits per heavy atom. The summed E-state index contributed by atoms with van der Waals surface area (Å²) in [4.78, 5) is 34.7. The maximum atomic E-state index is 11.9. The molecule has 0 spiro atoms. The fourth-order valence-electron chi connectivity index (χ4n) is 1.45. The molecule has 0 saturated heterocycles. The van der Waals surface area contributed by atoms with Gasteiger partial charge in [0.25, 0.3) is 0 Å². The number of benzene rings is 1. The molecule has 7 nitrogen and oxygen atoms in total. The van der Waals surface area contributed by atoms with Crippen LogP contribution < -0.4 is 0 Å². The first-order valence-corrected chi connectivity index (χ1v) is 6.35. The Morgan fingerprint density at radius 2 is 1.57 bits per heavy atom. The summed E-state index contributed by atoms with van der Waals surface area (Å²) in [6.07, 6.45) is 4.50. The van der Waals surface area contributed by atoms with E-state index in [-0.39, 0.29) is 17.5 Å². The molecule has 1 rings (SSSR count). The number of ether oxygens (including phenoxy) is 3. The van der Waals surface area contributed by atoms with Gasteiger partial charge in [-0.25, -0.2) is 9.59 Å². The van der Waals surface area contributed by atoms with Gasteiger partial charge in [-0.1, -0.05) is 18.7 Å². The molecule has 0 radical (unpaired) electrons. The quantitative estimate of drug-likeness (QED) is 0.468. The lowest BCUT2D eigenvalue weighted by Gasteiger charge is -2.05. The second-order valence-electron chi connectivity index (χ2n) is 3.87. The van der Waals surface area contributed by atoms with Gasteiger partial charge in [-0.05, 0) is 18.2 Å². The summed E-state index contributed by atoms with van der Waals surface area (Å²) in [6, 6.07) is 5.83. The van der Waals surface area contributed by atoms with Crippen LogP contribution >= 0.6 is 0 Å². The third-order valence-corrected chi connectivity index (χ3v) is 2.37. The molecule has 1 aromatic carbocycles. The molecule has 0 aliphatic heterocycles. The lowest BCUT2D eigenvalue weighted by atomic mass is 10.1. The first kappa shape index (κ1) is 17.7. The lowest BCUT2D eigenvalue weighted by Crippen LogP contribution is -2.11. The second-order valence-corrected chi connectivity index (χ2v) is 3.87. The summed E-state index contributed by atoms with van der Waals surface area (Å²) < 4.78 is 13.9. The molecular formula is C16H14O7. The normalized spacial score (nSPS) is 10.4. The van der Waals surface area contributed by atoms with Crippen molar-refractivity contribution in [2.45, 2.75) is 6.42 Å². The summed E-state index contributed by atoms with van der Waals surface area (Å²) in [6.45, 7) is 3.23. The van der Waals surface area contributed by atoms with Crippen LogP contribution in [0.4, 0.5) is 0 Å². The van der Waals surface area contributed by atoms with E-state index in [0.29, 0.717) is 6.26 Å². The summed E-state index contributed by atoms with van der Waals surface area (Å²) in [5.41, 5.74) is -0.0581. The molecule has 0 fully saturated rings. The maximum Gasteiger partial charge on any atom is 0.343 e. The van der Waals surface area contributed by atoms with Crippen molar-refractivity contribution < 1.29 is 33.7 Å². The number of hydrogen-bond donors (Lipinski definition) is 1. The first-order chi connectivity index (χ1) is 11.1. The van der Waals surface area contributed by atoms with Crippen LogP contribution in [0.3, 0.4) is 0 Å². The summed E-state index contributed by atoms with van der Waals surface area (Å²) in [5.74, 6) is -2.20. The van der Waals surface area contributed by atoms with Gasteiger partial charge in [0.05, 0.1) is 30.1 Å². The first-order valence-electron chi connectivity index (χ1n) is 6.35. The smallest absolute Gasteiger partial charge is 0.343 e. The van der Waals surface area contributed by atoms with Crippen molar-refractivity contribution in [3.63, 3.8) is 0 Å². The molecular weight excluding hydrogens is 304 g/mol. The number of carbonyl (C=O) groups is 3. The number of carbonyl (C=O) groups excluding carboxylic acids is 3. The van der Waals surface area contributed by atoms with Crippen molar-refractivity contribution in [3.05, 3.63) is 73.1 Å². The maximum absolute atomic E-state index is 11.9. The molecule has 7 heteroatoms. The van der Waals surface area contributed by atoms with Crippen molar-refractivity contribution in [3.8, 4) is 0 Å². The van der Waals surface area contributed by atoms with Gasteiger partial charge in [0.1, 0.15) is 12.5 Å². The second kappa shape index (κ2) is 9.56. The van der Waals surface area contributed by atoms with E-state index in [1.165, 1.54) is 24.3 Å². The fourth-order valence-corrected chi connectivity index (χ4v) is 1.45. The van der Waals surface area contributed by atoms with Gasteiger partial charge < -0.3 is 19.3 Å². The average Bonchev–Trinajstić information content (AvgIpc) is 2.56. The van der Waals surface area contributed by atoms with E-state index in [2.05, 4.69) is 16.1 Å². The topological polar surface area (TPSA) is 99.1 Å². The van der Waals surface area contributed by atoms with Crippen LogP contribution in [-0.4, -0.2) is 23.0 Å². The minimum Gasteiger partial charge on any atom is -0.512 e. The van der Waals surface area contributed by atoms with Crippen molar-refractivity contribution in [2.24, 2.45) is 0 Å². The van der Waals surface area contributed by atoms with E-state index in [0.717, 1.165) is 18.8 Å². The predicted molar refractivity (Wildman–Crippen MR) is 79.1 cm³/mol. The van der Waals surface area contributed by atoms with Crippen LogP contribution in [0.2, 0.25) is 0 Å². The highest BCUT2D eigenvalue weighted by Gasteiger charge is 2.18. The Kier molecular flexibility index (Phi) is 7.36. The fraction of sp³-hybridized carbons (Fsp3) is 0.0625. The molecule has 0 aromatic heterocycles. The third-order valence-electron chi connectivity index (χ3n) is 2.37. The van der Waals surface area contributed by atoms with Gasteiger partial charge >= 0.3 is 17.9 Å². The van der Waals surface area contributed by atoms with E-state index < -0.39 is 17.9 Å². The zero-order chi connectivity index (χ0) is 17.1. The van der Waals surface area contributed by atoms with Crippen LogP contribution in [-0.2, 0) is 19.0 Å². The molecule has 0 aliphatic carbocycles. The van der Waals surface area contributed by atoms with Crippen LogP contribution in [0.25, 0.3) is 0 Å². The minimum absolute atomic E-state index is 0.0258. The number of esters is 3. The van der Waals surface area contributed by atoms with E-state index in [4.69, 9.17) is 9.84 Å². The monoisotopic (exact) mass is 318 g/mol. The summed E-state index contributed by atoms with van der Waals surface area (Å²) in [5, 5.41) is 8.46. The van der Waals surface area contributed by atoms with Gasteiger partial charge in [-0.3, -0.25) is 4.79 Å². The van der Waals surface area contributed by atoms with E-state index in [9.17, 15) is 14.4 Å². The van der Waals surface area contributed by atoms with Crippen LogP contribution in [0.5, 0.6) is 0 Å². The molecule has 0 aliphatic rings. The van der Waals surface area contributed by atoms with Crippen LogP contribution in [0.1, 0.15) is 27.1 Å². The number of aliphatic hydroxyl groups is 1. The SMILES string of the molecule is C=COC(=O)CC=COC(=O)c1ccccc1C(=O)OC=CO. The molecule has 0 atom stereocenters. The highest BCUT2D eigenvalue weighted by molar-refractivity contribution is 6.03. The molecule has 0 bridgehead atoms. The number of hydrogen-bond acceptors (Lipinski definition) is 7. The Labute approximate surface area is 132 Å². The van der Waals surface area contributed by atoms with Crippen LogP contribution in [0.15, 0.2) is 62.0 Å². The Bertz CT molecular complexity index is 644. The van der Waals surface area contributed by atoms with E-state index in [1.54, 1.807) is 6.07 Å². The summed E-state index contributed by atoms with van der Waals surface area (Å²) >= 11 is 0. The zero-order valence-electron chi connectivity index (χ0n) is 12.0. The molecule has 0 unspecified atom stereocenters. The van der Waals surface area contributed by atoms with E-state index >= 15 is 0 Å². The molecule has 0 saturated carbocycles. The van der Waals surface area contributed by atoms with E-state index in [1.807, 2.05) is 0 Å². The number of aliphatic hydroxyl groups excluding tert-OH is 1. The Balaban J connectivity index is 2.73. The highest BCUT2D eigenvalue weighted by atomic mass is 16.5. The van der Waals surface area contributed by atoms with Gasteiger partial charge in [-0.15, -0.1) is 0 Å². The van der Waals surface area contributed by atoms with Crippen LogP contribution in [0, 0.1) is 0 Å². The third kappa shape index (κ3) is 5.88. The standard InChI is InChI=1S/C16H14O7/c1-2-21-14(18)8-5-10-22-15(19)12-6-3-4-7-13(12)16(20)23-11-9-17/h2-7,9-11,17H,1,8H2. The lowest BCUT2D eigenvalue weighted by molar-refractivity contribution is -0.137. The Morgan fingerprint density at radius 1 is 1.00 bits per heavy atom. The molecule has 1 aromatic rings. The van der Waals surface area contributed by atoms with Crippen molar-refractivity contribution in [1.82, 2.24) is 0 Å². The molecule has 0 amide bonds. The zero-order valence-corrected chi connectivity index (χ0v) is 12.0. The average molecular weight is 318 g/mol. The van der Waals surface area contributed by atoms with Gasteiger partial charge in [0, 0.05) is 0 Å². The highest BCUT2D eigenvalue weighted by Crippen LogP contribution is 2.12. The molecule has 23 heavy (non-hydrogen) atoms. The largest absolute Gasteiger partial charge is 0.512 e. The van der Waals surface area contributed by atoms with Gasteiger partial charge in [0.15, 0.2) is 0 Å². The predicted octanol–water partition coefficient (Wildman–Crippen LogP) is 2.62. The molecule has 120 valence electrons. The van der Waals surface area contributed by atoms with Crippen molar-refractivity contribution in [2.75, 3.05) is 0 Å². The molecule has 1 N–H and O–H groups in total. The molecule has 0 heterocycles.